The lowest BCUT2D eigenvalue weighted by molar-refractivity contribution is -0.218. The minimum atomic E-state index is -4.60. The van der Waals surface area contributed by atoms with E-state index >= 15 is 0 Å². The van der Waals surface area contributed by atoms with Crippen molar-refractivity contribution in [3.05, 3.63) is 0 Å². The highest BCUT2D eigenvalue weighted by Crippen LogP contribution is 2.24. The summed E-state index contributed by atoms with van der Waals surface area (Å²) in [4.78, 5) is 22.6. The molecule has 0 saturated carbocycles. The number of carbonyl (C=O) groups excluding carboxylic acids is 2. The highest BCUT2D eigenvalue weighted by Gasteiger charge is 2.40. The van der Waals surface area contributed by atoms with Gasteiger partial charge in [-0.15, -0.1) is 0 Å². The molecule has 0 N–H and O–H groups in total. The van der Waals surface area contributed by atoms with E-state index in [1.54, 1.807) is 13.8 Å². The molecule has 0 bridgehead atoms. The van der Waals surface area contributed by atoms with Crippen LogP contribution in [-0.2, 0) is 19.1 Å². The van der Waals surface area contributed by atoms with Crippen LogP contribution in [0.2, 0.25) is 0 Å². The van der Waals surface area contributed by atoms with Crippen molar-refractivity contribution in [2.24, 2.45) is 5.92 Å². The Morgan fingerprint density at radius 3 is 2.17 bits per heavy atom. The van der Waals surface area contributed by atoms with E-state index in [1.165, 1.54) is 0 Å². The number of alkyl halides is 3. The Hall–Kier alpha value is -1.27. The molecule has 106 valence electrons. The maximum absolute atomic E-state index is 12.2. The first-order valence-electron chi connectivity index (χ1n) is 5.65. The molecule has 0 saturated heterocycles. The summed E-state index contributed by atoms with van der Waals surface area (Å²) in [6, 6.07) is 0. The van der Waals surface area contributed by atoms with E-state index in [4.69, 9.17) is 0 Å². The number of halogens is 3. The molecule has 0 fully saturated rings. The second kappa shape index (κ2) is 7.23. The van der Waals surface area contributed by atoms with E-state index in [1.807, 2.05) is 0 Å². The molecule has 0 aromatic carbocycles. The third-order valence-electron chi connectivity index (χ3n) is 2.30. The highest BCUT2D eigenvalue weighted by molar-refractivity contribution is 5.80. The molecule has 2 unspecified atom stereocenters. The molecule has 4 nitrogen and oxygen atoms in total. The zero-order valence-electron chi connectivity index (χ0n) is 10.5. The minimum Gasteiger partial charge on any atom is -0.466 e. The Balaban J connectivity index is 4.40. The Kier molecular flexibility index (Phi) is 6.72. The predicted molar refractivity (Wildman–Crippen MR) is 56.6 cm³/mol. The summed E-state index contributed by atoms with van der Waals surface area (Å²) in [6.07, 6.45) is -6.84. The van der Waals surface area contributed by atoms with Crippen LogP contribution in [0.5, 0.6) is 0 Å². The van der Waals surface area contributed by atoms with Crippen LogP contribution >= 0.6 is 0 Å². The zero-order valence-corrected chi connectivity index (χ0v) is 10.5. The van der Waals surface area contributed by atoms with Crippen molar-refractivity contribution in [2.75, 3.05) is 6.61 Å². The molecule has 0 amide bonds. The number of carbonyl (C=O) groups is 2. The van der Waals surface area contributed by atoms with Gasteiger partial charge in [-0.25, -0.2) is 0 Å². The van der Waals surface area contributed by atoms with Gasteiger partial charge in [0.25, 0.3) is 0 Å². The minimum absolute atomic E-state index is 0.156. The predicted octanol–water partition coefficient (Wildman–Crippen LogP) is 2.46. The smallest absolute Gasteiger partial charge is 0.425 e. The van der Waals surface area contributed by atoms with E-state index < -0.39 is 30.1 Å². The second-order valence-electron chi connectivity index (χ2n) is 3.74. The quantitative estimate of drug-likeness (QED) is 0.696. The van der Waals surface area contributed by atoms with E-state index in [9.17, 15) is 22.8 Å². The molecule has 0 aliphatic rings. The van der Waals surface area contributed by atoms with Crippen LogP contribution in [0.4, 0.5) is 13.2 Å². The van der Waals surface area contributed by atoms with Crippen LogP contribution in [0.15, 0.2) is 0 Å². The van der Waals surface area contributed by atoms with Gasteiger partial charge in [-0.2, -0.15) is 13.2 Å². The van der Waals surface area contributed by atoms with Gasteiger partial charge < -0.3 is 9.47 Å². The maximum Gasteiger partial charge on any atom is 0.425 e. The summed E-state index contributed by atoms with van der Waals surface area (Å²) in [7, 11) is 0. The van der Waals surface area contributed by atoms with Crippen molar-refractivity contribution in [1.29, 1.82) is 0 Å². The van der Waals surface area contributed by atoms with Crippen LogP contribution < -0.4 is 0 Å². The SMILES string of the molecule is CCOC(=O)CC(CC)C(=O)OC(C)C(F)(F)F. The van der Waals surface area contributed by atoms with Crippen LogP contribution in [0.1, 0.15) is 33.6 Å². The molecule has 18 heavy (non-hydrogen) atoms. The monoisotopic (exact) mass is 270 g/mol. The molecule has 0 heterocycles. The Labute approximate surface area is 103 Å². The molecular formula is C11H17F3O4. The number of hydrogen-bond donors (Lipinski definition) is 0. The van der Waals surface area contributed by atoms with Crippen molar-refractivity contribution in [3.8, 4) is 0 Å². The third-order valence-corrected chi connectivity index (χ3v) is 2.30. The van der Waals surface area contributed by atoms with E-state index in [-0.39, 0.29) is 19.4 Å². The molecule has 0 rings (SSSR count). The molecule has 0 radical (unpaired) electrons. The summed E-state index contributed by atoms with van der Waals surface area (Å²) in [5.41, 5.74) is 0. The van der Waals surface area contributed by atoms with Crippen molar-refractivity contribution >= 4 is 11.9 Å². The molecule has 7 heteroatoms. The fourth-order valence-corrected chi connectivity index (χ4v) is 1.15. The van der Waals surface area contributed by atoms with Gasteiger partial charge in [0, 0.05) is 0 Å². The molecule has 0 aliphatic carbocycles. The first-order chi connectivity index (χ1) is 8.22. The average molecular weight is 270 g/mol. The summed E-state index contributed by atoms with van der Waals surface area (Å²) >= 11 is 0. The van der Waals surface area contributed by atoms with E-state index in [0.717, 1.165) is 6.92 Å². The molecule has 2 atom stereocenters. The number of esters is 2. The summed E-state index contributed by atoms with van der Waals surface area (Å²) in [5, 5.41) is 0. The second-order valence-corrected chi connectivity index (χ2v) is 3.74. The Morgan fingerprint density at radius 1 is 1.22 bits per heavy atom. The van der Waals surface area contributed by atoms with Gasteiger partial charge in [-0.05, 0) is 20.3 Å². The fourth-order valence-electron chi connectivity index (χ4n) is 1.15. The molecule has 0 aliphatic heterocycles. The van der Waals surface area contributed by atoms with Gasteiger partial charge in [0.1, 0.15) is 0 Å². The van der Waals surface area contributed by atoms with E-state index in [0.29, 0.717) is 0 Å². The molecule has 0 spiro atoms. The lowest BCUT2D eigenvalue weighted by Gasteiger charge is -2.19. The summed E-state index contributed by atoms with van der Waals surface area (Å²) in [6.45, 7) is 4.09. The first-order valence-corrected chi connectivity index (χ1v) is 5.65. The number of ether oxygens (including phenoxy) is 2. The van der Waals surface area contributed by atoms with Crippen LogP contribution in [0, 0.1) is 5.92 Å². The molecular weight excluding hydrogens is 253 g/mol. The van der Waals surface area contributed by atoms with Crippen molar-refractivity contribution in [2.45, 2.75) is 45.9 Å². The van der Waals surface area contributed by atoms with Gasteiger partial charge in [-0.1, -0.05) is 6.92 Å². The van der Waals surface area contributed by atoms with Crippen molar-refractivity contribution in [1.82, 2.24) is 0 Å². The fraction of sp³-hybridized carbons (Fsp3) is 0.818. The maximum atomic E-state index is 12.2. The van der Waals surface area contributed by atoms with Gasteiger partial charge >= 0.3 is 18.1 Å². The lowest BCUT2D eigenvalue weighted by Crippen LogP contribution is -2.34. The van der Waals surface area contributed by atoms with E-state index in [2.05, 4.69) is 9.47 Å². The first kappa shape index (κ1) is 16.7. The largest absolute Gasteiger partial charge is 0.466 e. The van der Waals surface area contributed by atoms with Gasteiger partial charge in [-0.3, -0.25) is 9.59 Å². The standard InChI is InChI=1S/C11H17F3O4/c1-4-8(6-9(15)17-5-2)10(16)18-7(3)11(12,13)14/h7-8H,4-6H2,1-3H3. The average Bonchev–Trinajstić information content (AvgIpc) is 2.24. The van der Waals surface area contributed by atoms with Gasteiger partial charge in [0.15, 0.2) is 6.10 Å². The van der Waals surface area contributed by atoms with Crippen LogP contribution in [0.3, 0.4) is 0 Å². The highest BCUT2D eigenvalue weighted by atomic mass is 19.4. The summed E-state index contributed by atoms with van der Waals surface area (Å²) < 4.78 is 45.5. The Morgan fingerprint density at radius 2 is 1.78 bits per heavy atom. The zero-order chi connectivity index (χ0) is 14.3. The normalized spacial score (nSPS) is 14.8. The molecule has 0 aromatic rings. The number of hydrogen-bond acceptors (Lipinski definition) is 4. The van der Waals surface area contributed by atoms with Crippen molar-refractivity contribution < 1.29 is 32.2 Å². The lowest BCUT2D eigenvalue weighted by atomic mass is 10.0. The Bertz CT molecular complexity index is 289. The third kappa shape index (κ3) is 5.88. The van der Waals surface area contributed by atoms with Crippen LogP contribution in [-0.4, -0.2) is 30.8 Å². The van der Waals surface area contributed by atoms with Crippen LogP contribution in [0.25, 0.3) is 0 Å². The van der Waals surface area contributed by atoms with Crippen molar-refractivity contribution in [3.63, 3.8) is 0 Å². The topological polar surface area (TPSA) is 52.6 Å². The number of rotatable bonds is 6. The summed E-state index contributed by atoms with van der Waals surface area (Å²) in [5.74, 6) is -2.56. The van der Waals surface area contributed by atoms with Gasteiger partial charge in [0.05, 0.1) is 18.9 Å². The molecule has 0 aromatic heterocycles. The van der Waals surface area contributed by atoms with Gasteiger partial charge in [0.2, 0.25) is 0 Å².